The van der Waals surface area contributed by atoms with E-state index in [4.69, 9.17) is 13.9 Å². The predicted octanol–water partition coefficient (Wildman–Crippen LogP) is 4.18. The van der Waals surface area contributed by atoms with Crippen LogP contribution in [0.3, 0.4) is 0 Å². The molecular formula is C19H20N2O4. The zero-order chi connectivity index (χ0) is 18.0. The number of carbonyl (C=O) groups excluding carboxylic acids is 1. The van der Waals surface area contributed by atoms with Crippen LogP contribution in [0.4, 0.5) is 5.69 Å². The molecule has 1 amide bonds. The number of carbonyl (C=O) groups is 1. The summed E-state index contributed by atoms with van der Waals surface area (Å²) in [5, 5.41) is 2.85. The molecule has 0 fully saturated rings. The van der Waals surface area contributed by atoms with Gasteiger partial charge < -0.3 is 19.2 Å². The van der Waals surface area contributed by atoms with Crippen molar-refractivity contribution >= 4 is 22.7 Å². The van der Waals surface area contributed by atoms with Gasteiger partial charge in [-0.15, -0.1) is 0 Å². The number of aryl methyl sites for hydroxylation is 1. The number of hydrogen-bond acceptors (Lipinski definition) is 5. The molecule has 0 spiro atoms. The molecule has 0 aliphatic heterocycles. The zero-order valence-electron chi connectivity index (χ0n) is 14.6. The molecule has 0 aliphatic carbocycles. The third-order valence-electron chi connectivity index (χ3n) is 3.54. The molecule has 0 atom stereocenters. The van der Waals surface area contributed by atoms with Crippen LogP contribution >= 0.6 is 0 Å². The summed E-state index contributed by atoms with van der Waals surface area (Å²) in [6, 6.07) is 10.4. The van der Waals surface area contributed by atoms with Gasteiger partial charge in [0.05, 0.1) is 13.2 Å². The van der Waals surface area contributed by atoms with Crippen LogP contribution in [0.25, 0.3) is 11.1 Å². The first-order valence-corrected chi connectivity index (χ1v) is 7.99. The number of methoxy groups -OCH3 is 1. The second kappa shape index (κ2) is 6.84. The van der Waals surface area contributed by atoms with E-state index in [9.17, 15) is 4.79 Å². The van der Waals surface area contributed by atoms with Gasteiger partial charge in [-0.25, -0.2) is 4.98 Å². The van der Waals surface area contributed by atoms with Crippen LogP contribution in [0.2, 0.25) is 0 Å². The van der Waals surface area contributed by atoms with Crippen LogP contribution in [0.15, 0.2) is 40.8 Å². The van der Waals surface area contributed by atoms with E-state index in [1.54, 1.807) is 50.4 Å². The summed E-state index contributed by atoms with van der Waals surface area (Å²) in [7, 11) is 1.55. The Morgan fingerprint density at radius 3 is 2.68 bits per heavy atom. The van der Waals surface area contributed by atoms with E-state index in [0.29, 0.717) is 39.7 Å². The van der Waals surface area contributed by atoms with Gasteiger partial charge >= 0.3 is 0 Å². The van der Waals surface area contributed by atoms with Crippen LogP contribution in [0, 0.1) is 6.92 Å². The highest BCUT2D eigenvalue weighted by atomic mass is 16.5. The molecule has 3 aromatic rings. The molecule has 6 nitrogen and oxygen atoms in total. The van der Waals surface area contributed by atoms with Crippen molar-refractivity contribution in [2.24, 2.45) is 0 Å². The maximum Gasteiger partial charge on any atom is 0.255 e. The molecule has 0 aliphatic rings. The Kier molecular flexibility index (Phi) is 4.61. The van der Waals surface area contributed by atoms with Crippen molar-refractivity contribution in [1.29, 1.82) is 0 Å². The SMILES string of the molecule is COc1cc(C(=O)Nc2ccc3oc(C)nc3c2)ccc1OC(C)C. The Balaban J connectivity index is 1.81. The van der Waals surface area contributed by atoms with Gasteiger partial charge in [0.1, 0.15) is 5.52 Å². The molecule has 2 aromatic carbocycles. The maximum atomic E-state index is 12.5. The smallest absolute Gasteiger partial charge is 0.255 e. The second-order valence-corrected chi connectivity index (χ2v) is 5.90. The fourth-order valence-corrected chi connectivity index (χ4v) is 2.48. The number of fused-ring (bicyclic) bond motifs is 1. The number of aromatic nitrogens is 1. The summed E-state index contributed by atoms with van der Waals surface area (Å²) in [4.78, 5) is 16.8. The molecule has 3 rings (SSSR count). The largest absolute Gasteiger partial charge is 0.493 e. The Morgan fingerprint density at radius 1 is 1.16 bits per heavy atom. The quantitative estimate of drug-likeness (QED) is 0.754. The molecule has 1 N–H and O–H groups in total. The van der Waals surface area contributed by atoms with Crippen molar-refractivity contribution in [2.75, 3.05) is 12.4 Å². The number of benzene rings is 2. The number of nitrogens with one attached hydrogen (secondary N) is 1. The topological polar surface area (TPSA) is 73.6 Å². The summed E-state index contributed by atoms with van der Waals surface area (Å²) >= 11 is 0. The van der Waals surface area contributed by atoms with Gasteiger partial charge in [0, 0.05) is 18.2 Å². The number of nitrogens with zero attached hydrogens (tertiary/aromatic N) is 1. The molecule has 0 saturated heterocycles. The number of rotatable bonds is 5. The number of ether oxygens (including phenoxy) is 2. The van der Waals surface area contributed by atoms with Crippen molar-refractivity contribution in [2.45, 2.75) is 26.9 Å². The van der Waals surface area contributed by atoms with E-state index in [1.165, 1.54) is 0 Å². The Hall–Kier alpha value is -3.02. The molecule has 0 radical (unpaired) electrons. The minimum absolute atomic E-state index is 0.0196. The normalized spacial score (nSPS) is 10.9. The van der Waals surface area contributed by atoms with E-state index in [-0.39, 0.29) is 12.0 Å². The Bertz CT molecular complexity index is 915. The third-order valence-corrected chi connectivity index (χ3v) is 3.54. The summed E-state index contributed by atoms with van der Waals surface area (Å²) in [5.74, 6) is 1.47. The summed E-state index contributed by atoms with van der Waals surface area (Å²) in [5.41, 5.74) is 2.51. The van der Waals surface area contributed by atoms with Crippen molar-refractivity contribution in [3.8, 4) is 11.5 Å². The minimum atomic E-state index is -0.242. The first-order chi connectivity index (χ1) is 12.0. The lowest BCUT2D eigenvalue weighted by molar-refractivity contribution is 0.102. The van der Waals surface area contributed by atoms with Gasteiger partial charge in [-0.1, -0.05) is 0 Å². The van der Waals surface area contributed by atoms with Crippen LogP contribution in [0.1, 0.15) is 30.1 Å². The molecule has 1 aromatic heterocycles. The van der Waals surface area contributed by atoms with Gasteiger partial charge in [-0.2, -0.15) is 0 Å². The van der Waals surface area contributed by atoms with Crippen LogP contribution in [-0.2, 0) is 0 Å². The lowest BCUT2D eigenvalue weighted by Gasteiger charge is -2.14. The van der Waals surface area contributed by atoms with Crippen molar-refractivity contribution in [1.82, 2.24) is 4.98 Å². The molecule has 0 saturated carbocycles. The Morgan fingerprint density at radius 2 is 1.96 bits per heavy atom. The highest BCUT2D eigenvalue weighted by Crippen LogP contribution is 2.29. The molecular weight excluding hydrogens is 320 g/mol. The van der Waals surface area contributed by atoms with Crippen molar-refractivity contribution < 1.29 is 18.7 Å². The monoisotopic (exact) mass is 340 g/mol. The first kappa shape index (κ1) is 16.8. The van der Waals surface area contributed by atoms with Crippen molar-refractivity contribution in [3.63, 3.8) is 0 Å². The fourth-order valence-electron chi connectivity index (χ4n) is 2.48. The van der Waals surface area contributed by atoms with Gasteiger partial charge in [-0.05, 0) is 50.2 Å². The summed E-state index contributed by atoms with van der Waals surface area (Å²) in [6.07, 6.45) is 0.0196. The molecule has 130 valence electrons. The number of anilines is 1. The maximum absolute atomic E-state index is 12.5. The van der Waals surface area contributed by atoms with E-state index in [1.807, 2.05) is 13.8 Å². The van der Waals surface area contributed by atoms with E-state index in [2.05, 4.69) is 10.3 Å². The minimum Gasteiger partial charge on any atom is -0.493 e. The zero-order valence-corrected chi connectivity index (χ0v) is 14.6. The van der Waals surface area contributed by atoms with Gasteiger partial charge in [-0.3, -0.25) is 4.79 Å². The van der Waals surface area contributed by atoms with Crippen molar-refractivity contribution in [3.05, 3.63) is 47.9 Å². The highest BCUT2D eigenvalue weighted by Gasteiger charge is 2.13. The average Bonchev–Trinajstić information content (AvgIpc) is 2.94. The fraction of sp³-hybridized carbons (Fsp3) is 0.263. The molecule has 0 bridgehead atoms. The highest BCUT2D eigenvalue weighted by molar-refractivity contribution is 6.05. The summed E-state index contributed by atoms with van der Waals surface area (Å²) in [6.45, 7) is 5.65. The average molecular weight is 340 g/mol. The first-order valence-electron chi connectivity index (χ1n) is 7.99. The lowest BCUT2D eigenvalue weighted by atomic mass is 10.1. The van der Waals surface area contributed by atoms with E-state index >= 15 is 0 Å². The van der Waals surface area contributed by atoms with E-state index < -0.39 is 0 Å². The van der Waals surface area contributed by atoms with Gasteiger partial charge in [0.15, 0.2) is 23.0 Å². The summed E-state index contributed by atoms with van der Waals surface area (Å²) < 4.78 is 16.4. The lowest BCUT2D eigenvalue weighted by Crippen LogP contribution is -2.13. The van der Waals surface area contributed by atoms with Crippen LogP contribution < -0.4 is 14.8 Å². The third kappa shape index (κ3) is 3.74. The molecule has 25 heavy (non-hydrogen) atoms. The molecule has 0 unspecified atom stereocenters. The molecule has 6 heteroatoms. The molecule has 1 heterocycles. The van der Waals surface area contributed by atoms with Crippen LogP contribution in [-0.4, -0.2) is 24.1 Å². The van der Waals surface area contributed by atoms with E-state index in [0.717, 1.165) is 0 Å². The number of oxazole rings is 1. The van der Waals surface area contributed by atoms with Gasteiger partial charge in [0.25, 0.3) is 5.91 Å². The Labute approximate surface area is 145 Å². The number of amides is 1. The standard InChI is InChI=1S/C19H20N2O4/c1-11(2)24-17-7-5-13(9-18(17)23-4)19(22)21-14-6-8-16-15(10-14)20-12(3)25-16/h5-11H,1-4H3,(H,21,22). The number of hydrogen-bond donors (Lipinski definition) is 1. The predicted molar refractivity (Wildman–Crippen MR) is 95.5 cm³/mol. The second-order valence-electron chi connectivity index (χ2n) is 5.90. The van der Waals surface area contributed by atoms with Crippen LogP contribution in [0.5, 0.6) is 11.5 Å². The van der Waals surface area contributed by atoms with Gasteiger partial charge in [0.2, 0.25) is 0 Å².